The molecule has 0 aliphatic rings. The maximum atomic E-state index is 11.0. The van der Waals surface area contributed by atoms with Crippen LogP contribution in [0.3, 0.4) is 0 Å². The van der Waals surface area contributed by atoms with Gasteiger partial charge < -0.3 is 9.67 Å². The number of alkyl halides is 3. The number of aromatic nitrogens is 3. The number of aliphatic hydroxyl groups is 1. The Morgan fingerprint density at radius 2 is 1.64 bits per heavy atom. The van der Waals surface area contributed by atoms with E-state index in [9.17, 15) is 5.11 Å². The van der Waals surface area contributed by atoms with E-state index in [1.165, 1.54) is 5.56 Å². The van der Waals surface area contributed by atoms with Crippen LogP contribution < -0.4 is 0 Å². The van der Waals surface area contributed by atoms with Gasteiger partial charge in [-0.2, -0.15) is 0 Å². The molecule has 0 spiro atoms. The number of hydrogen-bond acceptors (Lipinski definition) is 2. The summed E-state index contributed by atoms with van der Waals surface area (Å²) < 4.78 is 2.14. The van der Waals surface area contributed by atoms with Gasteiger partial charge in [-0.15, -0.1) is 0 Å². The van der Waals surface area contributed by atoms with Crippen LogP contribution in [0.25, 0.3) is 28.1 Å². The van der Waals surface area contributed by atoms with Gasteiger partial charge >= 0.3 is 0 Å². The molecule has 4 rings (SSSR count). The molecule has 0 saturated carbocycles. The Kier molecular flexibility index (Phi) is 4.87. The van der Waals surface area contributed by atoms with Crippen molar-refractivity contribution in [3.05, 3.63) is 59.3 Å². The van der Waals surface area contributed by atoms with Gasteiger partial charge in [0.25, 0.3) is 0 Å². The molecule has 0 unspecified atom stereocenters. The number of hydrogen-bond donors (Lipinski definition) is 1. The molecule has 1 atom stereocenters. The number of rotatable bonds is 3. The van der Waals surface area contributed by atoms with E-state index in [0.29, 0.717) is 17.2 Å². The highest BCUT2D eigenvalue weighted by Gasteiger charge is 2.38. The lowest BCUT2D eigenvalue weighted by Crippen LogP contribution is -2.19. The van der Waals surface area contributed by atoms with E-state index in [2.05, 4.69) is 37.5 Å². The van der Waals surface area contributed by atoms with Crippen molar-refractivity contribution in [1.82, 2.24) is 14.0 Å². The van der Waals surface area contributed by atoms with E-state index in [4.69, 9.17) is 39.8 Å². The largest absolute Gasteiger partial charge is 0.382 e. The summed E-state index contributed by atoms with van der Waals surface area (Å²) in [7, 11) is 0. The summed E-state index contributed by atoms with van der Waals surface area (Å²) in [5.74, 6) is 0.713. The minimum atomic E-state index is -1.89. The zero-order chi connectivity index (χ0) is 20.2. The van der Waals surface area contributed by atoms with Crippen molar-refractivity contribution < 1.29 is 5.11 Å². The molecule has 146 valence electrons. The van der Waals surface area contributed by atoms with Gasteiger partial charge in [0, 0.05) is 12.1 Å². The fraction of sp³-hybridized carbons (Fsp3) is 0.286. The lowest BCUT2D eigenvalue weighted by atomic mass is 10.1. The van der Waals surface area contributed by atoms with E-state index in [1.807, 2.05) is 34.7 Å². The first kappa shape index (κ1) is 19.6. The molecule has 1 N–H and O–H groups in total. The van der Waals surface area contributed by atoms with Crippen LogP contribution in [0.4, 0.5) is 0 Å². The summed E-state index contributed by atoms with van der Waals surface area (Å²) in [5.41, 5.74) is 6.23. The van der Waals surface area contributed by atoms with Crippen molar-refractivity contribution in [2.24, 2.45) is 0 Å². The molecule has 0 bridgehead atoms. The average Bonchev–Trinajstić information content (AvgIpc) is 3.16. The molecule has 2 aromatic heterocycles. The van der Waals surface area contributed by atoms with Crippen molar-refractivity contribution >= 4 is 51.6 Å². The Balaban J connectivity index is 2.18. The minimum absolute atomic E-state index is 0.474. The Morgan fingerprint density at radius 1 is 1.04 bits per heavy atom. The number of benzene rings is 2. The van der Waals surface area contributed by atoms with Gasteiger partial charge in [0.05, 0.1) is 22.4 Å². The first-order chi connectivity index (χ1) is 13.2. The third-order valence-electron chi connectivity index (χ3n) is 5.19. The Labute approximate surface area is 178 Å². The highest BCUT2D eigenvalue weighted by Crippen LogP contribution is 2.44. The van der Waals surface area contributed by atoms with Gasteiger partial charge in [-0.1, -0.05) is 65.1 Å². The predicted octanol–water partition coefficient (Wildman–Crippen LogP) is 6.00. The zero-order valence-corrected chi connectivity index (χ0v) is 18.0. The average molecular weight is 437 g/mol. The van der Waals surface area contributed by atoms with Crippen LogP contribution in [-0.4, -0.2) is 22.9 Å². The first-order valence-corrected chi connectivity index (χ1v) is 10.2. The van der Waals surface area contributed by atoms with Crippen LogP contribution in [0.5, 0.6) is 0 Å². The third kappa shape index (κ3) is 3.00. The summed E-state index contributed by atoms with van der Waals surface area (Å²) in [5, 5.41) is 11.0. The molecular weight excluding hydrogens is 417 g/mol. The molecule has 0 saturated heterocycles. The number of halogens is 3. The number of nitrogens with zero attached hydrogens (tertiary/aromatic N) is 3. The predicted molar refractivity (Wildman–Crippen MR) is 117 cm³/mol. The van der Waals surface area contributed by atoms with E-state index in [1.54, 1.807) is 0 Å². The summed E-state index contributed by atoms with van der Waals surface area (Å²) in [6, 6.07) is 13.9. The Bertz CT molecular complexity index is 1170. The molecule has 4 nitrogen and oxygen atoms in total. The standard InChI is InChI=1S/C21H20Cl3N3O/c1-4-26-15-10-12(2)13(3)11-16(15)27-18(19(28)21(22,23)24)17(25-20(26)27)14-8-6-5-7-9-14/h5-11,19,28H,4H2,1-3H3/t19-/m1/s1. The lowest BCUT2D eigenvalue weighted by Gasteiger charge is -2.20. The number of fused-ring (bicyclic) bond motifs is 3. The molecule has 0 radical (unpaired) electrons. The maximum absolute atomic E-state index is 11.0. The summed E-state index contributed by atoms with van der Waals surface area (Å²) in [4.78, 5) is 4.87. The quantitative estimate of drug-likeness (QED) is 0.400. The van der Waals surface area contributed by atoms with Crippen molar-refractivity contribution in [2.75, 3.05) is 0 Å². The van der Waals surface area contributed by atoms with Crippen molar-refractivity contribution in [1.29, 1.82) is 0 Å². The van der Waals surface area contributed by atoms with E-state index < -0.39 is 9.90 Å². The van der Waals surface area contributed by atoms with Gasteiger partial charge in [-0.05, 0) is 44.0 Å². The molecule has 0 aliphatic carbocycles. The van der Waals surface area contributed by atoms with Crippen molar-refractivity contribution in [2.45, 2.75) is 37.2 Å². The topological polar surface area (TPSA) is 42.5 Å². The second-order valence-corrected chi connectivity index (χ2v) is 9.33. The molecular formula is C21H20Cl3N3O. The molecule has 28 heavy (non-hydrogen) atoms. The molecule has 7 heteroatoms. The zero-order valence-electron chi connectivity index (χ0n) is 15.7. The summed E-state index contributed by atoms with van der Waals surface area (Å²) in [6.45, 7) is 6.93. The van der Waals surface area contributed by atoms with E-state index in [0.717, 1.165) is 28.7 Å². The molecule has 2 heterocycles. The van der Waals surface area contributed by atoms with Crippen molar-refractivity contribution in [3.8, 4) is 11.3 Å². The minimum Gasteiger partial charge on any atom is -0.382 e. The molecule has 0 aliphatic heterocycles. The van der Waals surface area contributed by atoms with Gasteiger partial charge in [-0.3, -0.25) is 4.40 Å². The summed E-state index contributed by atoms with van der Waals surface area (Å²) in [6.07, 6.45) is -1.35. The number of aliphatic hydroxyl groups excluding tert-OH is 1. The maximum Gasteiger partial charge on any atom is 0.221 e. The van der Waals surface area contributed by atoms with Gasteiger partial charge in [0.15, 0.2) is 0 Å². The van der Waals surface area contributed by atoms with Crippen LogP contribution in [-0.2, 0) is 6.54 Å². The molecule has 0 fully saturated rings. The second kappa shape index (κ2) is 6.96. The normalized spacial score (nSPS) is 13.5. The van der Waals surface area contributed by atoms with Gasteiger partial charge in [-0.25, -0.2) is 4.98 Å². The van der Waals surface area contributed by atoms with Crippen molar-refractivity contribution in [3.63, 3.8) is 0 Å². The van der Waals surface area contributed by atoms with Gasteiger partial charge in [0.1, 0.15) is 6.10 Å². The fourth-order valence-electron chi connectivity index (χ4n) is 3.66. The second-order valence-electron chi connectivity index (χ2n) is 6.96. The Hall–Kier alpha value is -1.72. The Morgan fingerprint density at radius 3 is 2.21 bits per heavy atom. The third-order valence-corrected chi connectivity index (χ3v) is 5.81. The highest BCUT2D eigenvalue weighted by molar-refractivity contribution is 6.68. The summed E-state index contributed by atoms with van der Waals surface area (Å²) >= 11 is 18.3. The van der Waals surface area contributed by atoms with Gasteiger partial charge in [0.2, 0.25) is 9.57 Å². The SMILES string of the molecule is CCn1c2cc(C)c(C)cc2n2c([C@@H](O)C(Cl)(Cl)Cl)c(-c3ccccc3)nc12. The monoisotopic (exact) mass is 435 g/mol. The van der Waals surface area contributed by atoms with E-state index in [-0.39, 0.29) is 0 Å². The highest BCUT2D eigenvalue weighted by atomic mass is 35.6. The van der Waals surface area contributed by atoms with Crippen LogP contribution in [0, 0.1) is 13.8 Å². The number of aryl methyl sites for hydroxylation is 3. The van der Waals surface area contributed by atoms with Crippen LogP contribution in [0.1, 0.15) is 29.8 Å². The molecule has 2 aromatic carbocycles. The van der Waals surface area contributed by atoms with Crippen LogP contribution in [0.15, 0.2) is 42.5 Å². The lowest BCUT2D eigenvalue weighted by molar-refractivity contribution is 0.177. The molecule has 4 aromatic rings. The first-order valence-electron chi connectivity index (χ1n) is 9.06. The van der Waals surface area contributed by atoms with Crippen LogP contribution in [0.2, 0.25) is 0 Å². The van der Waals surface area contributed by atoms with E-state index >= 15 is 0 Å². The van der Waals surface area contributed by atoms with Crippen LogP contribution >= 0.6 is 34.8 Å². The smallest absolute Gasteiger partial charge is 0.221 e. The molecule has 0 amide bonds. The number of imidazole rings is 2. The fourth-order valence-corrected chi connectivity index (χ4v) is 3.97.